The smallest absolute Gasteiger partial charge is 0.237 e. The molecule has 0 bridgehead atoms. The molecular weight excluding hydrogens is 320 g/mol. The molecule has 1 aromatic carbocycles. The van der Waals surface area contributed by atoms with Gasteiger partial charge in [-0.3, -0.25) is 4.79 Å². The minimum absolute atomic E-state index is 0.128. The van der Waals surface area contributed by atoms with Crippen molar-refractivity contribution in [1.29, 1.82) is 0 Å². The Hall–Kier alpha value is -1.04. The van der Waals surface area contributed by atoms with E-state index in [4.69, 9.17) is 4.74 Å². The molecule has 0 spiro atoms. The third-order valence-electron chi connectivity index (χ3n) is 4.86. The van der Waals surface area contributed by atoms with Crippen LogP contribution in [0.15, 0.2) is 29.2 Å². The first-order valence-electron chi connectivity index (χ1n) is 9.01. The highest BCUT2D eigenvalue weighted by atomic mass is 32.2. The Labute approximate surface area is 149 Å². The summed E-state index contributed by atoms with van der Waals surface area (Å²) in [6, 6.07) is 8.79. The lowest BCUT2D eigenvalue weighted by atomic mass is 9.98. The summed E-state index contributed by atoms with van der Waals surface area (Å²) < 4.78 is 5.42. The Morgan fingerprint density at radius 1 is 1.21 bits per heavy atom. The van der Waals surface area contributed by atoms with Gasteiger partial charge in [-0.1, -0.05) is 32.0 Å². The Kier molecular flexibility index (Phi) is 6.19. The molecule has 132 valence electrons. The molecular formula is C19H28N2O2S. The lowest BCUT2D eigenvalue weighted by molar-refractivity contribution is -0.125. The number of carbonyl (C=O) groups excluding carboxylic acids is 1. The zero-order chi connectivity index (χ0) is 16.9. The molecule has 2 heterocycles. The van der Waals surface area contributed by atoms with Crippen molar-refractivity contribution in [3.8, 4) is 0 Å². The molecule has 2 aliphatic heterocycles. The molecule has 3 rings (SSSR count). The van der Waals surface area contributed by atoms with Crippen LogP contribution in [0, 0.1) is 5.92 Å². The number of rotatable bonds is 5. The quantitative estimate of drug-likeness (QED) is 0.858. The largest absolute Gasteiger partial charge is 0.381 e. The highest BCUT2D eigenvalue weighted by molar-refractivity contribution is 7.99. The molecule has 1 aromatic rings. The van der Waals surface area contributed by atoms with Crippen LogP contribution in [0.1, 0.15) is 44.7 Å². The Bertz CT molecular complexity index is 558. The van der Waals surface area contributed by atoms with E-state index in [1.807, 2.05) is 11.8 Å². The Morgan fingerprint density at radius 3 is 2.71 bits per heavy atom. The van der Waals surface area contributed by atoms with Crippen LogP contribution in [-0.2, 0) is 9.53 Å². The minimum atomic E-state index is -0.144. The third kappa shape index (κ3) is 4.32. The van der Waals surface area contributed by atoms with E-state index < -0.39 is 0 Å². The summed E-state index contributed by atoms with van der Waals surface area (Å²) in [7, 11) is 0. The molecule has 2 atom stereocenters. The van der Waals surface area contributed by atoms with Crippen LogP contribution >= 0.6 is 11.8 Å². The molecule has 0 saturated carbocycles. The summed E-state index contributed by atoms with van der Waals surface area (Å²) in [5.41, 5.74) is 1.26. The summed E-state index contributed by atoms with van der Waals surface area (Å²) in [5.74, 6) is 1.45. The summed E-state index contributed by atoms with van der Waals surface area (Å²) in [6.45, 7) is 5.80. The van der Waals surface area contributed by atoms with E-state index in [0.29, 0.717) is 6.04 Å². The van der Waals surface area contributed by atoms with Gasteiger partial charge in [0.05, 0.1) is 12.1 Å². The van der Waals surface area contributed by atoms with Crippen LogP contribution in [0.4, 0.5) is 0 Å². The predicted molar refractivity (Wildman–Crippen MR) is 98.3 cm³/mol. The number of amides is 1. The van der Waals surface area contributed by atoms with Crippen molar-refractivity contribution in [2.45, 2.75) is 56.1 Å². The van der Waals surface area contributed by atoms with Crippen molar-refractivity contribution in [3.63, 3.8) is 0 Å². The van der Waals surface area contributed by atoms with E-state index in [9.17, 15) is 4.79 Å². The average Bonchev–Trinajstić information content (AvgIpc) is 2.60. The van der Waals surface area contributed by atoms with Gasteiger partial charge in [0.15, 0.2) is 0 Å². The van der Waals surface area contributed by atoms with Crippen molar-refractivity contribution in [3.05, 3.63) is 29.8 Å². The molecule has 24 heavy (non-hydrogen) atoms. The number of fused-ring (bicyclic) bond motifs is 1. The van der Waals surface area contributed by atoms with Crippen LogP contribution in [0.5, 0.6) is 0 Å². The number of carbonyl (C=O) groups is 1. The van der Waals surface area contributed by atoms with Crippen molar-refractivity contribution in [2.75, 3.05) is 19.0 Å². The molecule has 1 saturated heterocycles. The fraction of sp³-hybridized carbons (Fsp3) is 0.632. The van der Waals surface area contributed by atoms with Crippen LogP contribution in [-0.4, -0.2) is 37.0 Å². The number of hydrogen-bond donors (Lipinski definition) is 2. The van der Waals surface area contributed by atoms with E-state index in [1.165, 1.54) is 10.5 Å². The fourth-order valence-electron chi connectivity index (χ4n) is 3.44. The topological polar surface area (TPSA) is 50.4 Å². The van der Waals surface area contributed by atoms with E-state index in [2.05, 4.69) is 48.7 Å². The molecule has 2 aliphatic rings. The van der Waals surface area contributed by atoms with Gasteiger partial charge in [-0.2, -0.15) is 0 Å². The van der Waals surface area contributed by atoms with Crippen LogP contribution < -0.4 is 10.6 Å². The first kappa shape index (κ1) is 17.8. The Balaban J connectivity index is 1.65. The van der Waals surface area contributed by atoms with Crippen molar-refractivity contribution < 1.29 is 9.53 Å². The normalized spacial score (nSPS) is 22.9. The van der Waals surface area contributed by atoms with Gasteiger partial charge < -0.3 is 15.4 Å². The number of ether oxygens (including phenoxy) is 1. The first-order valence-corrected chi connectivity index (χ1v) is 9.99. The molecule has 0 unspecified atom stereocenters. The number of hydrogen-bond acceptors (Lipinski definition) is 4. The summed E-state index contributed by atoms with van der Waals surface area (Å²) >= 11 is 1.88. The van der Waals surface area contributed by atoms with Gasteiger partial charge in [0.1, 0.15) is 0 Å². The van der Waals surface area contributed by atoms with Crippen molar-refractivity contribution >= 4 is 17.7 Å². The van der Waals surface area contributed by atoms with Crippen LogP contribution in [0.2, 0.25) is 0 Å². The highest BCUT2D eigenvalue weighted by Crippen LogP contribution is 2.35. The van der Waals surface area contributed by atoms with Gasteiger partial charge in [0, 0.05) is 29.9 Å². The Morgan fingerprint density at radius 2 is 1.96 bits per heavy atom. The third-order valence-corrected chi connectivity index (χ3v) is 5.98. The van der Waals surface area contributed by atoms with E-state index >= 15 is 0 Å². The lowest BCUT2D eigenvalue weighted by Gasteiger charge is -2.32. The van der Waals surface area contributed by atoms with Gasteiger partial charge in [-0.15, -0.1) is 11.8 Å². The second-order valence-electron chi connectivity index (χ2n) is 7.01. The second-order valence-corrected chi connectivity index (χ2v) is 8.15. The molecule has 5 heteroatoms. The monoisotopic (exact) mass is 348 g/mol. The standard InChI is InChI=1S/C19H28N2O2S/c1-13(2)18(20-14-7-10-23-11-8-14)19(22)21-16-9-12-24-17-6-4-3-5-15(16)17/h3-6,13-14,16,18,20H,7-12H2,1-2H3,(H,21,22)/t16-,18+/m0/s1. The molecule has 4 nitrogen and oxygen atoms in total. The minimum Gasteiger partial charge on any atom is -0.381 e. The van der Waals surface area contributed by atoms with Gasteiger partial charge in [-0.05, 0) is 36.8 Å². The zero-order valence-electron chi connectivity index (χ0n) is 14.6. The highest BCUT2D eigenvalue weighted by Gasteiger charge is 2.29. The summed E-state index contributed by atoms with van der Waals surface area (Å²) in [5, 5.41) is 6.87. The predicted octanol–water partition coefficient (Wildman–Crippen LogP) is 3.13. The molecule has 1 fully saturated rings. The zero-order valence-corrected chi connectivity index (χ0v) is 15.4. The van der Waals surface area contributed by atoms with Gasteiger partial charge in [-0.25, -0.2) is 0 Å². The second kappa shape index (κ2) is 8.37. The SMILES string of the molecule is CC(C)[C@@H](NC1CCOCC1)C(=O)N[C@H]1CCSc2ccccc21. The molecule has 0 aromatic heterocycles. The summed E-state index contributed by atoms with van der Waals surface area (Å²) in [4.78, 5) is 14.2. The van der Waals surface area contributed by atoms with E-state index in [1.54, 1.807) is 0 Å². The number of nitrogens with one attached hydrogen (secondary N) is 2. The molecule has 2 N–H and O–H groups in total. The van der Waals surface area contributed by atoms with Crippen LogP contribution in [0.3, 0.4) is 0 Å². The maximum atomic E-state index is 12.9. The van der Waals surface area contributed by atoms with Crippen molar-refractivity contribution in [1.82, 2.24) is 10.6 Å². The first-order chi connectivity index (χ1) is 11.6. The number of benzene rings is 1. The van der Waals surface area contributed by atoms with Crippen LogP contribution in [0.25, 0.3) is 0 Å². The van der Waals surface area contributed by atoms with Gasteiger partial charge in [0.2, 0.25) is 5.91 Å². The summed E-state index contributed by atoms with van der Waals surface area (Å²) in [6.07, 6.45) is 2.97. The molecule has 0 radical (unpaired) electrons. The molecule has 1 amide bonds. The van der Waals surface area contributed by atoms with Gasteiger partial charge >= 0.3 is 0 Å². The molecule has 0 aliphatic carbocycles. The lowest BCUT2D eigenvalue weighted by Crippen LogP contribution is -2.53. The van der Waals surface area contributed by atoms with E-state index in [0.717, 1.165) is 38.2 Å². The van der Waals surface area contributed by atoms with Crippen molar-refractivity contribution in [2.24, 2.45) is 5.92 Å². The van der Waals surface area contributed by atoms with Gasteiger partial charge in [0.25, 0.3) is 0 Å². The maximum absolute atomic E-state index is 12.9. The average molecular weight is 349 g/mol. The maximum Gasteiger partial charge on any atom is 0.237 e. The number of thioether (sulfide) groups is 1. The fourth-order valence-corrected chi connectivity index (χ4v) is 4.57. The van der Waals surface area contributed by atoms with E-state index in [-0.39, 0.29) is 23.9 Å².